The summed E-state index contributed by atoms with van der Waals surface area (Å²) in [4.78, 5) is 26.5. The van der Waals surface area contributed by atoms with Gasteiger partial charge in [-0.1, -0.05) is 0 Å². The Labute approximate surface area is 183 Å². The standard InChI is InChI=1S/C22H29N5O2.ClH/c1-23-14-8-11-27(22(13-14)9-3-10-22)15-4-5-16-18(12-15)26(2)25-20(16)17-6-7-19(28)24-21(17)29;/h4-5,12,14,17,23H,3,6-11,13H2,1-2H3,(H,24,28,29);1H. The minimum Gasteiger partial charge on any atom is -0.366 e. The number of rotatable bonds is 3. The highest BCUT2D eigenvalue weighted by Gasteiger charge is 2.46. The molecule has 3 aliphatic rings. The molecule has 3 fully saturated rings. The monoisotopic (exact) mass is 431 g/mol. The number of halogens is 1. The van der Waals surface area contributed by atoms with Gasteiger partial charge in [0.05, 0.1) is 17.1 Å². The van der Waals surface area contributed by atoms with Crippen LogP contribution in [0.4, 0.5) is 5.69 Å². The fourth-order valence-electron chi connectivity index (χ4n) is 5.55. The van der Waals surface area contributed by atoms with E-state index in [1.165, 1.54) is 31.4 Å². The molecular weight excluding hydrogens is 402 g/mol. The van der Waals surface area contributed by atoms with E-state index in [1.807, 2.05) is 11.7 Å². The van der Waals surface area contributed by atoms with Crippen molar-refractivity contribution in [2.45, 2.75) is 62.4 Å². The van der Waals surface area contributed by atoms with E-state index in [0.717, 1.165) is 29.6 Å². The summed E-state index contributed by atoms with van der Waals surface area (Å²) in [6, 6.07) is 7.15. The number of nitrogens with one attached hydrogen (secondary N) is 2. The summed E-state index contributed by atoms with van der Waals surface area (Å²) < 4.78 is 1.88. The molecule has 1 saturated carbocycles. The van der Waals surface area contributed by atoms with E-state index in [1.54, 1.807) is 0 Å². The summed E-state index contributed by atoms with van der Waals surface area (Å²) in [6.45, 7) is 1.06. The summed E-state index contributed by atoms with van der Waals surface area (Å²) in [7, 11) is 4.01. The number of aromatic nitrogens is 2. The first-order valence-corrected chi connectivity index (χ1v) is 10.8. The van der Waals surface area contributed by atoms with Gasteiger partial charge in [-0.25, -0.2) is 0 Å². The van der Waals surface area contributed by atoms with Crippen molar-refractivity contribution in [2.24, 2.45) is 7.05 Å². The van der Waals surface area contributed by atoms with Crippen LogP contribution < -0.4 is 15.5 Å². The van der Waals surface area contributed by atoms with Crippen molar-refractivity contribution in [3.05, 3.63) is 23.9 Å². The third-order valence-electron chi connectivity index (χ3n) is 7.34. The van der Waals surface area contributed by atoms with Crippen LogP contribution in [0.5, 0.6) is 0 Å². The number of piperidine rings is 2. The van der Waals surface area contributed by atoms with Crippen LogP contribution in [-0.4, -0.2) is 46.8 Å². The molecule has 2 saturated heterocycles. The van der Waals surface area contributed by atoms with Crippen molar-refractivity contribution >= 4 is 40.8 Å². The van der Waals surface area contributed by atoms with Crippen LogP contribution in [-0.2, 0) is 16.6 Å². The van der Waals surface area contributed by atoms with Crippen LogP contribution in [0.3, 0.4) is 0 Å². The lowest BCUT2D eigenvalue weighted by Gasteiger charge is -2.56. The Kier molecular flexibility index (Phi) is 5.53. The van der Waals surface area contributed by atoms with Crippen LogP contribution in [0, 0.1) is 0 Å². The van der Waals surface area contributed by atoms with Gasteiger partial charge < -0.3 is 10.2 Å². The first-order valence-electron chi connectivity index (χ1n) is 10.8. The molecule has 0 bridgehead atoms. The van der Waals surface area contributed by atoms with E-state index in [9.17, 15) is 9.59 Å². The van der Waals surface area contributed by atoms with Crippen molar-refractivity contribution in [2.75, 3.05) is 18.5 Å². The number of benzene rings is 1. The molecule has 2 aromatic rings. The van der Waals surface area contributed by atoms with Gasteiger partial charge in [0.15, 0.2) is 0 Å². The zero-order chi connectivity index (χ0) is 20.2. The second kappa shape index (κ2) is 7.85. The Hall–Kier alpha value is -2.12. The zero-order valence-electron chi connectivity index (χ0n) is 17.6. The number of imide groups is 1. The van der Waals surface area contributed by atoms with Gasteiger partial charge in [-0.2, -0.15) is 5.10 Å². The third-order valence-corrected chi connectivity index (χ3v) is 7.34. The number of fused-ring (bicyclic) bond motifs is 1. The molecule has 2 aliphatic heterocycles. The molecule has 0 radical (unpaired) electrons. The lowest BCUT2D eigenvalue weighted by Crippen LogP contribution is -2.61. The van der Waals surface area contributed by atoms with Crippen molar-refractivity contribution in [1.29, 1.82) is 0 Å². The van der Waals surface area contributed by atoms with Crippen molar-refractivity contribution in [3.63, 3.8) is 0 Å². The van der Waals surface area contributed by atoms with Gasteiger partial charge in [-0.15, -0.1) is 12.4 Å². The van der Waals surface area contributed by atoms with Gasteiger partial charge >= 0.3 is 0 Å². The van der Waals surface area contributed by atoms with Gasteiger partial charge in [0.1, 0.15) is 0 Å². The Morgan fingerprint density at radius 3 is 2.70 bits per heavy atom. The van der Waals surface area contributed by atoms with Crippen LogP contribution in [0.25, 0.3) is 10.9 Å². The lowest BCUT2D eigenvalue weighted by molar-refractivity contribution is -0.134. The number of aryl methyl sites for hydroxylation is 1. The van der Waals surface area contributed by atoms with E-state index in [-0.39, 0.29) is 35.7 Å². The van der Waals surface area contributed by atoms with Crippen LogP contribution >= 0.6 is 12.4 Å². The molecule has 2 atom stereocenters. The highest BCUT2D eigenvalue weighted by Crippen LogP contribution is 2.47. The predicted octanol–water partition coefficient (Wildman–Crippen LogP) is 2.63. The molecule has 5 rings (SSSR count). The molecule has 162 valence electrons. The van der Waals surface area contributed by atoms with Crippen LogP contribution in [0.15, 0.2) is 18.2 Å². The third kappa shape index (κ3) is 3.28. The quantitative estimate of drug-likeness (QED) is 0.730. The second-order valence-electron chi connectivity index (χ2n) is 8.92. The fourth-order valence-corrected chi connectivity index (χ4v) is 5.55. The molecule has 2 unspecified atom stereocenters. The summed E-state index contributed by atoms with van der Waals surface area (Å²) in [5.41, 5.74) is 3.37. The van der Waals surface area contributed by atoms with Gasteiger partial charge in [0.2, 0.25) is 11.8 Å². The van der Waals surface area contributed by atoms with Crippen LogP contribution in [0.1, 0.15) is 56.6 Å². The molecule has 2 amide bonds. The number of hydrogen-bond donors (Lipinski definition) is 2. The maximum absolute atomic E-state index is 12.4. The normalized spacial score (nSPS) is 25.7. The molecule has 1 aromatic heterocycles. The van der Waals surface area contributed by atoms with E-state index < -0.39 is 0 Å². The molecule has 1 aromatic carbocycles. The molecule has 2 N–H and O–H groups in total. The number of anilines is 1. The summed E-state index contributed by atoms with van der Waals surface area (Å²) in [6.07, 6.45) is 7.08. The first kappa shape index (κ1) is 21.1. The lowest BCUT2D eigenvalue weighted by atomic mass is 9.68. The fraction of sp³-hybridized carbons (Fsp3) is 0.591. The molecule has 7 nitrogen and oxygen atoms in total. The summed E-state index contributed by atoms with van der Waals surface area (Å²) in [5, 5.41) is 11.6. The smallest absolute Gasteiger partial charge is 0.235 e. The minimum atomic E-state index is -0.355. The molecule has 8 heteroatoms. The maximum Gasteiger partial charge on any atom is 0.235 e. The Balaban J connectivity index is 0.00000218. The average molecular weight is 432 g/mol. The van der Waals surface area contributed by atoms with E-state index in [4.69, 9.17) is 0 Å². The number of hydrogen-bond acceptors (Lipinski definition) is 5. The number of carbonyl (C=O) groups excluding carboxylic acids is 2. The van der Waals surface area contributed by atoms with Crippen molar-refractivity contribution < 1.29 is 9.59 Å². The molecule has 1 aliphatic carbocycles. The predicted molar refractivity (Wildman–Crippen MR) is 119 cm³/mol. The molecule has 30 heavy (non-hydrogen) atoms. The zero-order valence-corrected chi connectivity index (χ0v) is 18.4. The maximum atomic E-state index is 12.4. The van der Waals surface area contributed by atoms with Gasteiger partial charge in [0, 0.05) is 42.7 Å². The number of amides is 2. The summed E-state index contributed by atoms with van der Waals surface area (Å²) in [5.74, 6) is -0.774. The van der Waals surface area contributed by atoms with Gasteiger partial charge in [-0.3, -0.25) is 19.6 Å². The topological polar surface area (TPSA) is 79.3 Å². The van der Waals surface area contributed by atoms with E-state index in [2.05, 4.69) is 45.9 Å². The number of carbonyl (C=O) groups is 2. The Morgan fingerprint density at radius 1 is 1.23 bits per heavy atom. The Morgan fingerprint density at radius 2 is 2.03 bits per heavy atom. The van der Waals surface area contributed by atoms with Crippen LogP contribution in [0.2, 0.25) is 0 Å². The van der Waals surface area contributed by atoms with Crippen molar-refractivity contribution in [1.82, 2.24) is 20.4 Å². The van der Waals surface area contributed by atoms with Crippen molar-refractivity contribution in [3.8, 4) is 0 Å². The first-order chi connectivity index (χ1) is 14.0. The van der Waals surface area contributed by atoms with Gasteiger partial charge in [-0.05, 0) is 63.8 Å². The SMILES string of the molecule is CNC1CCN(c2ccc3c(C4CCC(=O)NC4=O)nn(C)c3c2)C2(CCC2)C1.Cl. The average Bonchev–Trinajstić information content (AvgIpc) is 3.02. The molecular formula is C22H30ClN5O2. The largest absolute Gasteiger partial charge is 0.366 e. The van der Waals surface area contributed by atoms with Gasteiger partial charge in [0.25, 0.3) is 0 Å². The molecule has 3 heterocycles. The summed E-state index contributed by atoms with van der Waals surface area (Å²) >= 11 is 0. The van der Waals surface area contributed by atoms with E-state index >= 15 is 0 Å². The highest BCUT2D eigenvalue weighted by atomic mass is 35.5. The highest BCUT2D eigenvalue weighted by molar-refractivity contribution is 6.02. The Bertz CT molecular complexity index is 983. The second-order valence-corrected chi connectivity index (χ2v) is 8.92. The number of nitrogens with zero attached hydrogens (tertiary/aromatic N) is 3. The van der Waals surface area contributed by atoms with E-state index in [0.29, 0.717) is 18.9 Å². The minimum absolute atomic E-state index is 0. The molecule has 1 spiro atoms.